The molecular formula is C11H20O4. The Morgan fingerprint density at radius 2 is 2.20 bits per heavy atom. The van der Waals surface area contributed by atoms with Gasteiger partial charge in [-0.3, -0.25) is 0 Å². The Labute approximate surface area is 90.2 Å². The largest absolute Gasteiger partial charge is 0.479 e. The van der Waals surface area contributed by atoms with Crippen LogP contribution >= 0.6 is 0 Å². The molecule has 1 rings (SSSR count). The Balaban J connectivity index is 2.66. The summed E-state index contributed by atoms with van der Waals surface area (Å²) in [6, 6.07) is 0. The Morgan fingerprint density at radius 3 is 2.80 bits per heavy atom. The first kappa shape index (κ1) is 12.5. The molecule has 0 amide bonds. The van der Waals surface area contributed by atoms with E-state index in [-0.39, 0.29) is 13.2 Å². The molecule has 0 spiro atoms. The summed E-state index contributed by atoms with van der Waals surface area (Å²) in [5, 5.41) is 17.9. The number of carbonyl (C=O) groups is 1. The van der Waals surface area contributed by atoms with Gasteiger partial charge >= 0.3 is 5.97 Å². The third kappa shape index (κ3) is 3.18. The fraction of sp³-hybridized carbons (Fsp3) is 0.909. The zero-order chi connectivity index (χ0) is 11.3. The van der Waals surface area contributed by atoms with Crippen LogP contribution < -0.4 is 0 Å². The Morgan fingerprint density at radius 1 is 1.47 bits per heavy atom. The molecule has 0 aromatic heterocycles. The smallest absolute Gasteiger partial charge is 0.335 e. The van der Waals surface area contributed by atoms with Crippen LogP contribution in [0.2, 0.25) is 0 Å². The van der Waals surface area contributed by atoms with E-state index in [4.69, 9.17) is 9.84 Å². The number of carboxylic acid groups (broad SMARTS) is 1. The van der Waals surface area contributed by atoms with Crippen LogP contribution in [0.1, 0.15) is 39.0 Å². The van der Waals surface area contributed by atoms with E-state index in [0.717, 1.165) is 19.3 Å². The van der Waals surface area contributed by atoms with Gasteiger partial charge < -0.3 is 14.9 Å². The molecular weight excluding hydrogens is 196 g/mol. The summed E-state index contributed by atoms with van der Waals surface area (Å²) in [6.07, 6.45) is 3.96. The number of aliphatic hydroxyl groups is 1. The molecule has 0 saturated heterocycles. The quantitative estimate of drug-likeness (QED) is 0.697. The van der Waals surface area contributed by atoms with E-state index >= 15 is 0 Å². The van der Waals surface area contributed by atoms with Crippen molar-refractivity contribution in [2.24, 2.45) is 5.92 Å². The monoisotopic (exact) mass is 216 g/mol. The molecule has 0 heterocycles. The van der Waals surface area contributed by atoms with Gasteiger partial charge in [-0.1, -0.05) is 13.3 Å². The fourth-order valence-corrected chi connectivity index (χ4v) is 2.15. The second-order valence-electron chi connectivity index (χ2n) is 4.41. The molecule has 1 aliphatic carbocycles. The standard InChI is InChI=1S/C11H20O4/c1-9-3-2-5-11(6-4-9,10(13)14)15-8-7-12/h9,12H,2-8H2,1H3,(H,13,14). The highest BCUT2D eigenvalue weighted by Crippen LogP contribution is 2.33. The number of ether oxygens (including phenoxy) is 1. The molecule has 2 unspecified atom stereocenters. The minimum Gasteiger partial charge on any atom is -0.479 e. The lowest BCUT2D eigenvalue weighted by Gasteiger charge is -2.28. The molecule has 0 aromatic rings. The molecule has 1 fully saturated rings. The molecule has 4 nitrogen and oxygen atoms in total. The van der Waals surface area contributed by atoms with Crippen LogP contribution in [0.5, 0.6) is 0 Å². The zero-order valence-electron chi connectivity index (χ0n) is 9.24. The van der Waals surface area contributed by atoms with Crippen LogP contribution in [0.4, 0.5) is 0 Å². The summed E-state index contributed by atoms with van der Waals surface area (Å²) in [6.45, 7) is 2.13. The molecule has 0 radical (unpaired) electrons. The van der Waals surface area contributed by atoms with Crippen LogP contribution in [-0.2, 0) is 9.53 Å². The van der Waals surface area contributed by atoms with Crippen molar-refractivity contribution in [2.45, 2.75) is 44.6 Å². The minimum atomic E-state index is -1.05. The van der Waals surface area contributed by atoms with Gasteiger partial charge in [-0.25, -0.2) is 4.79 Å². The maximum Gasteiger partial charge on any atom is 0.335 e. The van der Waals surface area contributed by atoms with Crippen molar-refractivity contribution in [2.75, 3.05) is 13.2 Å². The van der Waals surface area contributed by atoms with Gasteiger partial charge in [-0.15, -0.1) is 0 Å². The van der Waals surface area contributed by atoms with Gasteiger partial charge in [0.05, 0.1) is 13.2 Å². The van der Waals surface area contributed by atoms with Crippen molar-refractivity contribution in [1.29, 1.82) is 0 Å². The molecule has 0 aromatic carbocycles. The van der Waals surface area contributed by atoms with E-state index in [9.17, 15) is 9.90 Å². The summed E-state index contributed by atoms with van der Waals surface area (Å²) in [7, 11) is 0. The van der Waals surface area contributed by atoms with Gasteiger partial charge in [0.25, 0.3) is 0 Å². The molecule has 88 valence electrons. The van der Waals surface area contributed by atoms with Gasteiger partial charge in [-0.2, -0.15) is 0 Å². The topological polar surface area (TPSA) is 66.8 Å². The van der Waals surface area contributed by atoms with E-state index in [0.29, 0.717) is 18.8 Å². The Kier molecular flexibility index (Phi) is 4.54. The van der Waals surface area contributed by atoms with E-state index < -0.39 is 11.6 Å². The van der Waals surface area contributed by atoms with Crippen LogP contribution in [0, 0.1) is 5.92 Å². The number of carboxylic acids is 1. The number of hydrogen-bond acceptors (Lipinski definition) is 3. The third-order valence-electron chi connectivity index (χ3n) is 3.18. The zero-order valence-corrected chi connectivity index (χ0v) is 9.24. The van der Waals surface area contributed by atoms with Gasteiger partial charge in [-0.05, 0) is 31.6 Å². The molecule has 2 atom stereocenters. The highest BCUT2D eigenvalue weighted by Gasteiger charge is 2.40. The van der Waals surface area contributed by atoms with Gasteiger partial charge in [0, 0.05) is 0 Å². The lowest BCUT2D eigenvalue weighted by atomic mass is 9.93. The van der Waals surface area contributed by atoms with Crippen LogP contribution in [0.25, 0.3) is 0 Å². The maximum atomic E-state index is 11.2. The van der Waals surface area contributed by atoms with Gasteiger partial charge in [0.1, 0.15) is 0 Å². The Bertz CT molecular complexity index is 213. The lowest BCUT2D eigenvalue weighted by molar-refractivity contribution is -0.169. The first-order valence-electron chi connectivity index (χ1n) is 5.59. The predicted octanol–water partition coefficient (Wildman–Crippen LogP) is 1.42. The summed E-state index contributed by atoms with van der Waals surface area (Å²) in [5.74, 6) is -0.311. The van der Waals surface area contributed by atoms with Crippen molar-refractivity contribution < 1.29 is 19.7 Å². The molecule has 1 aliphatic rings. The van der Waals surface area contributed by atoms with Gasteiger partial charge in [0.15, 0.2) is 5.60 Å². The summed E-state index contributed by atoms with van der Waals surface area (Å²) in [5.41, 5.74) is -1.05. The van der Waals surface area contributed by atoms with Crippen LogP contribution in [-0.4, -0.2) is 35.0 Å². The minimum absolute atomic E-state index is 0.112. The number of hydrogen-bond donors (Lipinski definition) is 2. The summed E-state index contributed by atoms with van der Waals surface area (Å²) in [4.78, 5) is 11.2. The maximum absolute atomic E-state index is 11.2. The molecule has 1 saturated carbocycles. The van der Waals surface area contributed by atoms with Crippen LogP contribution in [0.3, 0.4) is 0 Å². The molecule has 0 bridgehead atoms. The first-order valence-corrected chi connectivity index (χ1v) is 5.59. The van der Waals surface area contributed by atoms with E-state index in [2.05, 4.69) is 6.92 Å². The van der Waals surface area contributed by atoms with Crippen LogP contribution in [0.15, 0.2) is 0 Å². The molecule has 4 heteroatoms. The predicted molar refractivity (Wildman–Crippen MR) is 55.7 cm³/mol. The number of rotatable bonds is 4. The second-order valence-corrected chi connectivity index (χ2v) is 4.41. The van der Waals surface area contributed by atoms with Crippen molar-refractivity contribution in [3.8, 4) is 0 Å². The van der Waals surface area contributed by atoms with E-state index in [1.165, 1.54) is 0 Å². The summed E-state index contributed by atoms with van der Waals surface area (Å²) >= 11 is 0. The Hall–Kier alpha value is -0.610. The van der Waals surface area contributed by atoms with Crippen molar-refractivity contribution in [1.82, 2.24) is 0 Å². The SMILES string of the molecule is CC1CCCC(OCCO)(C(=O)O)CC1. The summed E-state index contributed by atoms with van der Waals surface area (Å²) < 4.78 is 5.36. The van der Waals surface area contributed by atoms with Crippen molar-refractivity contribution in [3.63, 3.8) is 0 Å². The average molecular weight is 216 g/mol. The number of aliphatic hydroxyl groups excluding tert-OH is 1. The molecule has 15 heavy (non-hydrogen) atoms. The van der Waals surface area contributed by atoms with Gasteiger partial charge in [0.2, 0.25) is 0 Å². The first-order chi connectivity index (χ1) is 7.10. The molecule has 0 aliphatic heterocycles. The van der Waals surface area contributed by atoms with Crippen molar-refractivity contribution >= 4 is 5.97 Å². The normalized spacial score (nSPS) is 32.3. The van der Waals surface area contributed by atoms with E-state index in [1.807, 2.05) is 0 Å². The highest BCUT2D eigenvalue weighted by molar-refractivity contribution is 5.77. The lowest BCUT2D eigenvalue weighted by Crippen LogP contribution is -2.42. The fourth-order valence-electron chi connectivity index (χ4n) is 2.15. The van der Waals surface area contributed by atoms with E-state index in [1.54, 1.807) is 0 Å². The average Bonchev–Trinajstić information content (AvgIpc) is 2.39. The molecule has 2 N–H and O–H groups in total. The second kappa shape index (κ2) is 5.47. The third-order valence-corrected chi connectivity index (χ3v) is 3.18. The highest BCUT2D eigenvalue weighted by atomic mass is 16.5. The number of aliphatic carboxylic acids is 1. The van der Waals surface area contributed by atoms with Crippen molar-refractivity contribution in [3.05, 3.63) is 0 Å².